The van der Waals surface area contributed by atoms with Crippen LogP contribution in [0.25, 0.3) is 0 Å². The summed E-state index contributed by atoms with van der Waals surface area (Å²) in [5.41, 5.74) is 5.70. The van der Waals surface area contributed by atoms with E-state index >= 15 is 0 Å². The molecule has 1 aromatic rings. The standard InChI is InChI=1S/C9H11FN2O2S/c10-8-3-7(6-15-2-1-11)4-9(5-8)12(13)14/h3-5H,1-2,6,11H2. The van der Waals surface area contributed by atoms with Crippen molar-refractivity contribution in [3.8, 4) is 0 Å². The molecule has 1 aromatic carbocycles. The average molecular weight is 230 g/mol. The third-order valence-corrected chi connectivity index (χ3v) is 2.75. The number of halogens is 1. The van der Waals surface area contributed by atoms with Crippen LogP contribution in [0, 0.1) is 15.9 Å². The summed E-state index contributed by atoms with van der Waals surface area (Å²) in [6.45, 7) is 0.544. The SMILES string of the molecule is NCCSCc1cc(F)cc([N+](=O)[O-])c1. The molecular weight excluding hydrogens is 219 g/mol. The maximum Gasteiger partial charge on any atom is 0.272 e. The summed E-state index contributed by atoms with van der Waals surface area (Å²) in [5, 5.41) is 10.4. The Bertz CT molecular complexity index is 360. The van der Waals surface area contributed by atoms with Crippen molar-refractivity contribution in [2.45, 2.75) is 5.75 Å². The molecule has 0 atom stereocenters. The average Bonchev–Trinajstić information content (AvgIpc) is 2.17. The van der Waals surface area contributed by atoms with Gasteiger partial charge in [0.1, 0.15) is 5.82 Å². The van der Waals surface area contributed by atoms with Gasteiger partial charge in [0.05, 0.1) is 11.0 Å². The predicted molar refractivity (Wildman–Crippen MR) is 58.3 cm³/mol. The van der Waals surface area contributed by atoms with Gasteiger partial charge in [-0.15, -0.1) is 0 Å². The topological polar surface area (TPSA) is 69.2 Å². The van der Waals surface area contributed by atoms with Gasteiger partial charge in [0.15, 0.2) is 0 Å². The van der Waals surface area contributed by atoms with Crippen LogP contribution in [0.1, 0.15) is 5.56 Å². The summed E-state index contributed by atoms with van der Waals surface area (Å²) in [6.07, 6.45) is 0. The first kappa shape index (κ1) is 11.9. The minimum Gasteiger partial charge on any atom is -0.330 e. The summed E-state index contributed by atoms with van der Waals surface area (Å²) in [7, 11) is 0. The first-order chi connectivity index (χ1) is 7.13. The van der Waals surface area contributed by atoms with Gasteiger partial charge in [-0.2, -0.15) is 11.8 Å². The lowest BCUT2D eigenvalue weighted by atomic mass is 10.2. The van der Waals surface area contributed by atoms with Crippen LogP contribution < -0.4 is 5.73 Å². The van der Waals surface area contributed by atoms with Gasteiger partial charge in [0.25, 0.3) is 5.69 Å². The van der Waals surface area contributed by atoms with Crippen molar-refractivity contribution >= 4 is 17.4 Å². The van der Waals surface area contributed by atoms with Crippen LogP contribution in [-0.4, -0.2) is 17.2 Å². The van der Waals surface area contributed by atoms with Crippen LogP contribution in [0.4, 0.5) is 10.1 Å². The fraction of sp³-hybridized carbons (Fsp3) is 0.333. The van der Waals surface area contributed by atoms with E-state index in [1.165, 1.54) is 23.9 Å². The molecule has 4 nitrogen and oxygen atoms in total. The quantitative estimate of drug-likeness (QED) is 0.476. The smallest absolute Gasteiger partial charge is 0.272 e. The molecule has 0 bridgehead atoms. The number of hydrogen-bond acceptors (Lipinski definition) is 4. The second-order valence-electron chi connectivity index (χ2n) is 2.92. The van der Waals surface area contributed by atoms with E-state index in [2.05, 4.69) is 0 Å². The van der Waals surface area contributed by atoms with E-state index in [1.807, 2.05) is 0 Å². The molecule has 0 spiro atoms. The first-order valence-corrected chi connectivity index (χ1v) is 5.50. The van der Waals surface area contributed by atoms with Crippen LogP contribution in [0.2, 0.25) is 0 Å². The van der Waals surface area contributed by atoms with E-state index in [9.17, 15) is 14.5 Å². The van der Waals surface area contributed by atoms with Gasteiger partial charge in [-0.3, -0.25) is 10.1 Å². The van der Waals surface area contributed by atoms with Gasteiger partial charge in [0, 0.05) is 24.1 Å². The molecule has 15 heavy (non-hydrogen) atoms. The van der Waals surface area contributed by atoms with E-state index < -0.39 is 10.7 Å². The highest BCUT2D eigenvalue weighted by atomic mass is 32.2. The zero-order valence-corrected chi connectivity index (χ0v) is 8.80. The number of rotatable bonds is 5. The van der Waals surface area contributed by atoms with Crippen LogP contribution in [0.5, 0.6) is 0 Å². The summed E-state index contributed by atoms with van der Waals surface area (Å²) in [6, 6.07) is 3.60. The molecular formula is C9H11FN2O2S. The van der Waals surface area contributed by atoms with Crippen molar-refractivity contribution < 1.29 is 9.31 Å². The van der Waals surface area contributed by atoms with Crippen molar-refractivity contribution in [3.63, 3.8) is 0 Å². The highest BCUT2D eigenvalue weighted by molar-refractivity contribution is 7.98. The monoisotopic (exact) mass is 230 g/mol. The summed E-state index contributed by atoms with van der Waals surface area (Å²) in [4.78, 5) is 9.85. The lowest BCUT2D eigenvalue weighted by Gasteiger charge is -2.01. The number of thioether (sulfide) groups is 1. The largest absolute Gasteiger partial charge is 0.330 e. The first-order valence-electron chi connectivity index (χ1n) is 4.35. The second kappa shape index (κ2) is 5.67. The molecule has 2 N–H and O–H groups in total. The van der Waals surface area contributed by atoms with Gasteiger partial charge >= 0.3 is 0 Å². The van der Waals surface area contributed by atoms with Crippen molar-refractivity contribution in [1.29, 1.82) is 0 Å². The number of nitrogens with zero attached hydrogens (tertiary/aromatic N) is 1. The maximum atomic E-state index is 13.0. The van der Waals surface area contributed by atoms with Gasteiger partial charge in [-0.1, -0.05) is 0 Å². The number of benzene rings is 1. The number of nitro groups is 1. The third kappa shape index (κ3) is 3.85. The van der Waals surface area contributed by atoms with Gasteiger partial charge < -0.3 is 5.73 Å². The van der Waals surface area contributed by atoms with Crippen molar-refractivity contribution in [3.05, 3.63) is 39.7 Å². The highest BCUT2D eigenvalue weighted by Crippen LogP contribution is 2.19. The number of hydrogen-bond donors (Lipinski definition) is 1. The van der Waals surface area contributed by atoms with Crippen molar-refractivity contribution in [1.82, 2.24) is 0 Å². The Labute approximate surface area is 90.8 Å². The molecule has 0 amide bonds. The lowest BCUT2D eigenvalue weighted by molar-refractivity contribution is -0.385. The van der Waals surface area contributed by atoms with Crippen molar-refractivity contribution in [2.24, 2.45) is 5.73 Å². The summed E-state index contributed by atoms with van der Waals surface area (Å²) >= 11 is 1.52. The Morgan fingerprint density at radius 2 is 2.20 bits per heavy atom. The minimum absolute atomic E-state index is 0.210. The molecule has 0 heterocycles. The Balaban J connectivity index is 2.75. The Morgan fingerprint density at radius 1 is 1.47 bits per heavy atom. The van der Waals surface area contributed by atoms with E-state index in [0.717, 1.165) is 11.8 Å². The molecule has 0 aliphatic heterocycles. The molecule has 0 aliphatic carbocycles. The predicted octanol–water partition coefficient (Wildman–Crippen LogP) is 1.93. The van der Waals surface area contributed by atoms with Gasteiger partial charge in [-0.25, -0.2) is 4.39 Å². The van der Waals surface area contributed by atoms with Crippen LogP contribution in [0.3, 0.4) is 0 Å². The van der Waals surface area contributed by atoms with E-state index in [0.29, 0.717) is 17.9 Å². The molecule has 6 heteroatoms. The normalized spacial score (nSPS) is 10.3. The van der Waals surface area contributed by atoms with E-state index in [-0.39, 0.29) is 5.69 Å². The van der Waals surface area contributed by atoms with Gasteiger partial charge in [0.2, 0.25) is 0 Å². The number of nitro benzene ring substituents is 1. The van der Waals surface area contributed by atoms with E-state index in [1.54, 1.807) is 0 Å². The Hall–Kier alpha value is -1.14. The fourth-order valence-corrected chi connectivity index (χ4v) is 1.81. The molecule has 0 aliphatic rings. The molecule has 0 aromatic heterocycles. The number of nitrogens with two attached hydrogens (primary N) is 1. The third-order valence-electron chi connectivity index (χ3n) is 1.68. The van der Waals surface area contributed by atoms with Gasteiger partial charge in [-0.05, 0) is 11.6 Å². The molecule has 82 valence electrons. The molecule has 0 saturated heterocycles. The Kier molecular flexibility index (Phi) is 4.51. The zero-order chi connectivity index (χ0) is 11.3. The molecule has 0 saturated carbocycles. The summed E-state index contributed by atoms with van der Waals surface area (Å²) in [5.74, 6) is 0.715. The highest BCUT2D eigenvalue weighted by Gasteiger charge is 2.09. The molecule has 0 unspecified atom stereocenters. The van der Waals surface area contributed by atoms with E-state index in [4.69, 9.17) is 5.73 Å². The van der Waals surface area contributed by atoms with Crippen LogP contribution >= 0.6 is 11.8 Å². The fourth-order valence-electron chi connectivity index (χ4n) is 1.10. The number of non-ortho nitro benzene ring substituents is 1. The van der Waals surface area contributed by atoms with Crippen LogP contribution in [0.15, 0.2) is 18.2 Å². The lowest BCUT2D eigenvalue weighted by Crippen LogP contribution is -2.01. The second-order valence-corrected chi connectivity index (χ2v) is 4.02. The van der Waals surface area contributed by atoms with Crippen molar-refractivity contribution in [2.75, 3.05) is 12.3 Å². The maximum absolute atomic E-state index is 13.0. The summed E-state index contributed by atoms with van der Waals surface area (Å²) < 4.78 is 13.0. The molecule has 0 radical (unpaired) electrons. The van der Waals surface area contributed by atoms with Crippen LogP contribution in [-0.2, 0) is 5.75 Å². The minimum atomic E-state index is -0.597. The molecule has 0 fully saturated rings. The molecule has 1 rings (SSSR count). The zero-order valence-electron chi connectivity index (χ0n) is 7.98. The Morgan fingerprint density at radius 3 is 2.80 bits per heavy atom.